The first kappa shape index (κ1) is 15.0. The average molecular weight is 273 g/mol. The van der Waals surface area contributed by atoms with Crippen LogP contribution in [-0.2, 0) is 14.3 Å². The number of carbonyl (C=O) groups is 2. The Morgan fingerprint density at radius 1 is 1.50 bits per heavy atom. The van der Waals surface area contributed by atoms with Crippen LogP contribution in [0.1, 0.15) is 20.8 Å². The molecule has 0 radical (unpaired) electrons. The van der Waals surface area contributed by atoms with Crippen molar-refractivity contribution in [1.82, 2.24) is 4.90 Å². The molecule has 3 atom stereocenters. The third-order valence-electron chi connectivity index (χ3n) is 2.94. The molecule has 1 N–H and O–H groups in total. The van der Waals surface area contributed by atoms with Gasteiger partial charge in [-0.1, -0.05) is 0 Å². The summed E-state index contributed by atoms with van der Waals surface area (Å²) >= 11 is 1.44. The predicted octanol–water partition coefficient (Wildman–Crippen LogP) is 0.982. The molecule has 1 saturated heterocycles. The Morgan fingerprint density at radius 3 is 2.39 bits per heavy atom. The first-order valence-electron chi connectivity index (χ1n) is 5.66. The number of methoxy groups -OCH3 is 1. The third kappa shape index (κ3) is 2.40. The number of hydrogen-bond acceptors (Lipinski definition) is 5. The largest absolute Gasteiger partial charge is 0.464 e. The van der Waals surface area contributed by atoms with Gasteiger partial charge in [-0.3, -0.25) is 9.69 Å². The quantitative estimate of drug-likeness (QED) is 0.470. The molecule has 0 saturated carbocycles. The van der Waals surface area contributed by atoms with Crippen molar-refractivity contribution in [3.05, 3.63) is 11.3 Å². The van der Waals surface area contributed by atoms with Gasteiger partial charge in [0.15, 0.2) is 0 Å². The van der Waals surface area contributed by atoms with Gasteiger partial charge >= 0.3 is 5.97 Å². The van der Waals surface area contributed by atoms with Crippen LogP contribution in [-0.4, -0.2) is 46.7 Å². The minimum atomic E-state index is -0.720. The van der Waals surface area contributed by atoms with Gasteiger partial charge in [0, 0.05) is 0 Å². The zero-order valence-electron chi connectivity index (χ0n) is 11.3. The number of rotatable bonds is 4. The number of aliphatic hydroxyl groups excluding tert-OH is 1. The maximum atomic E-state index is 12.0. The Hall–Kier alpha value is -1.01. The number of esters is 1. The van der Waals surface area contributed by atoms with E-state index < -0.39 is 18.0 Å². The Labute approximate surface area is 111 Å². The normalized spacial score (nSPS) is 24.3. The van der Waals surface area contributed by atoms with Crippen LogP contribution < -0.4 is 0 Å². The van der Waals surface area contributed by atoms with Crippen LogP contribution >= 0.6 is 11.8 Å². The van der Waals surface area contributed by atoms with E-state index in [1.165, 1.54) is 23.8 Å². The average Bonchev–Trinajstić information content (AvgIpc) is 2.29. The fourth-order valence-electron chi connectivity index (χ4n) is 2.06. The van der Waals surface area contributed by atoms with E-state index in [-0.39, 0.29) is 17.0 Å². The van der Waals surface area contributed by atoms with Gasteiger partial charge in [0.2, 0.25) is 5.91 Å². The summed E-state index contributed by atoms with van der Waals surface area (Å²) < 4.78 is 4.70. The molecular formula is C12H19NO4S. The van der Waals surface area contributed by atoms with Crippen LogP contribution in [0.15, 0.2) is 11.3 Å². The number of aliphatic hydroxyl groups is 1. The lowest BCUT2D eigenvalue weighted by Crippen LogP contribution is -2.62. The number of carbonyl (C=O) groups excluding carboxylic acids is 2. The van der Waals surface area contributed by atoms with Crippen LogP contribution in [0.2, 0.25) is 0 Å². The summed E-state index contributed by atoms with van der Waals surface area (Å²) in [5, 5.41) is 9.36. The highest BCUT2D eigenvalue weighted by Gasteiger charge is 2.52. The summed E-state index contributed by atoms with van der Waals surface area (Å²) in [4.78, 5) is 25.2. The molecule has 1 aliphatic rings. The molecule has 18 heavy (non-hydrogen) atoms. The first-order chi connectivity index (χ1) is 8.36. The van der Waals surface area contributed by atoms with Gasteiger partial charge in [-0.25, -0.2) is 4.79 Å². The molecule has 0 unspecified atom stereocenters. The molecule has 0 aromatic carbocycles. The molecule has 102 valence electrons. The Kier molecular flexibility index (Phi) is 4.81. The number of hydrogen-bond donors (Lipinski definition) is 1. The number of nitrogens with zero attached hydrogens (tertiary/aromatic N) is 1. The van der Waals surface area contributed by atoms with Crippen LogP contribution in [0.4, 0.5) is 0 Å². The molecule has 5 nitrogen and oxygen atoms in total. The molecule has 0 aromatic heterocycles. The van der Waals surface area contributed by atoms with E-state index in [2.05, 4.69) is 0 Å². The number of allylic oxidation sites excluding steroid dienone is 1. The van der Waals surface area contributed by atoms with E-state index in [0.29, 0.717) is 0 Å². The lowest BCUT2D eigenvalue weighted by molar-refractivity contribution is -0.158. The van der Waals surface area contributed by atoms with Crippen molar-refractivity contribution in [2.24, 2.45) is 5.92 Å². The summed E-state index contributed by atoms with van der Waals surface area (Å²) in [5.41, 5.74) is 0.997. The van der Waals surface area contributed by atoms with E-state index >= 15 is 0 Å². The highest BCUT2D eigenvalue weighted by Crippen LogP contribution is 2.39. The SMILES string of the molecule is COC(=O)C(=C(C)C)N1C(=O)[C@H]([C@H](C)O)[C@H]1SC. The van der Waals surface area contributed by atoms with Crippen molar-refractivity contribution in [2.45, 2.75) is 32.2 Å². The Morgan fingerprint density at radius 2 is 2.06 bits per heavy atom. The number of amides is 1. The van der Waals surface area contributed by atoms with Crippen LogP contribution in [0.5, 0.6) is 0 Å². The minimum absolute atomic E-state index is 0.221. The molecule has 0 bridgehead atoms. The van der Waals surface area contributed by atoms with E-state index in [1.807, 2.05) is 6.26 Å². The number of ether oxygens (including phenoxy) is 1. The van der Waals surface area contributed by atoms with E-state index in [9.17, 15) is 14.7 Å². The number of β-lactam (4-membered cyclic amide) rings is 1. The van der Waals surface area contributed by atoms with Crippen molar-refractivity contribution >= 4 is 23.6 Å². The van der Waals surface area contributed by atoms with Gasteiger partial charge in [0.25, 0.3) is 0 Å². The summed E-state index contributed by atoms with van der Waals surface area (Å²) in [7, 11) is 1.29. The van der Waals surface area contributed by atoms with Crippen LogP contribution in [0, 0.1) is 5.92 Å². The molecule has 1 heterocycles. The van der Waals surface area contributed by atoms with Gasteiger partial charge in [-0.2, -0.15) is 0 Å². The lowest BCUT2D eigenvalue weighted by Gasteiger charge is -2.47. The third-order valence-corrected chi connectivity index (χ3v) is 3.93. The Balaban J connectivity index is 3.06. The number of likely N-dealkylation sites (tertiary alicyclic amines) is 1. The first-order valence-corrected chi connectivity index (χ1v) is 6.95. The zero-order chi connectivity index (χ0) is 14.0. The molecular weight excluding hydrogens is 254 g/mol. The van der Waals surface area contributed by atoms with Gasteiger partial charge in [0.05, 0.1) is 24.5 Å². The second-order valence-corrected chi connectivity index (χ2v) is 5.40. The van der Waals surface area contributed by atoms with Crippen LogP contribution in [0.25, 0.3) is 0 Å². The smallest absolute Gasteiger partial charge is 0.354 e. The van der Waals surface area contributed by atoms with Crippen molar-refractivity contribution in [1.29, 1.82) is 0 Å². The fraction of sp³-hybridized carbons (Fsp3) is 0.667. The Bertz CT molecular complexity index is 388. The molecule has 0 spiro atoms. The monoisotopic (exact) mass is 273 g/mol. The second-order valence-electron chi connectivity index (χ2n) is 4.44. The van der Waals surface area contributed by atoms with Gasteiger partial charge in [-0.05, 0) is 32.6 Å². The van der Waals surface area contributed by atoms with Crippen molar-refractivity contribution < 1.29 is 19.4 Å². The highest BCUT2D eigenvalue weighted by molar-refractivity contribution is 7.99. The van der Waals surface area contributed by atoms with Gasteiger partial charge < -0.3 is 9.84 Å². The molecule has 1 amide bonds. The van der Waals surface area contributed by atoms with Crippen molar-refractivity contribution in [2.75, 3.05) is 13.4 Å². The fourth-order valence-corrected chi connectivity index (χ4v) is 3.12. The predicted molar refractivity (Wildman–Crippen MR) is 69.7 cm³/mol. The topological polar surface area (TPSA) is 66.8 Å². The van der Waals surface area contributed by atoms with Gasteiger partial charge in [-0.15, -0.1) is 11.8 Å². The van der Waals surface area contributed by atoms with E-state index in [1.54, 1.807) is 20.8 Å². The van der Waals surface area contributed by atoms with Crippen molar-refractivity contribution in [3.8, 4) is 0 Å². The minimum Gasteiger partial charge on any atom is -0.464 e. The zero-order valence-corrected chi connectivity index (χ0v) is 12.1. The summed E-state index contributed by atoms with van der Waals surface area (Å²) in [5.74, 6) is -1.21. The summed E-state index contributed by atoms with van der Waals surface area (Å²) in [6, 6.07) is 0. The molecule has 6 heteroatoms. The summed E-state index contributed by atoms with van der Waals surface area (Å²) in [6.45, 7) is 5.10. The molecule has 0 aliphatic carbocycles. The second kappa shape index (κ2) is 5.75. The van der Waals surface area contributed by atoms with Crippen LogP contribution in [0.3, 0.4) is 0 Å². The van der Waals surface area contributed by atoms with E-state index in [4.69, 9.17) is 4.74 Å². The highest BCUT2D eigenvalue weighted by atomic mass is 32.2. The molecule has 1 rings (SSSR count). The van der Waals surface area contributed by atoms with E-state index in [0.717, 1.165) is 5.57 Å². The van der Waals surface area contributed by atoms with Gasteiger partial charge in [0.1, 0.15) is 5.70 Å². The van der Waals surface area contributed by atoms with Crippen molar-refractivity contribution in [3.63, 3.8) is 0 Å². The lowest BCUT2D eigenvalue weighted by atomic mass is 9.91. The summed E-state index contributed by atoms with van der Waals surface area (Å²) in [6.07, 6.45) is 1.13. The maximum absolute atomic E-state index is 12.0. The molecule has 1 aliphatic heterocycles. The standard InChI is InChI=1S/C12H19NO4S/c1-6(2)9(12(16)17-4)13-10(15)8(7(3)14)11(13)18-5/h7-8,11,14H,1-5H3/t7-,8-,11+/m0/s1. The number of thioether (sulfide) groups is 1. The maximum Gasteiger partial charge on any atom is 0.354 e. The molecule has 1 fully saturated rings. The molecule has 0 aromatic rings.